The van der Waals surface area contributed by atoms with E-state index in [1.165, 1.54) is 0 Å². The van der Waals surface area contributed by atoms with E-state index in [2.05, 4.69) is 0 Å². The van der Waals surface area contributed by atoms with Gasteiger partial charge in [-0.25, -0.2) is 8.78 Å². The van der Waals surface area contributed by atoms with E-state index in [0.717, 1.165) is 0 Å². The van der Waals surface area contributed by atoms with E-state index in [1.807, 2.05) is 0 Å². The van der Waals surface area contributed by atoms with Gasteiger partial charge in [0.2, 0.25) is 0 Å². The van der Waals surface area contributed by atoms with Crippen molar-refractivity contribution < 1.29 is 19.0 Å². The molecule has 2 nitrogen and oxygen atoms in total. The zero-order valence-corrected chi connectivity index (χ0v) is 4.67. The summed E-state index contributed by atoms with van der Waals surface area (Å²) in [6.07, 6.45) is -6.65. The zero-order valence-electron chi connectivity index (χ0n) is 4.67. The van der Waals surface area contributed by atoms with Gasteiger partial charge < -0.3 is 10.2 Å². The molecule has 0 amide bonds. The third-order valence-electron chi connectivity index (χ3n) is 1.52. The Bertz CT molecular complexity index is 97.1. The van der Waals surface area contributed by atoms with E-state index >= 15 is 0 Å². The molecule has 0 unspecified atom stereocenters. The number of rotatable bonds is 0. The van der Waals surface area contributed by atoms with Gasteiger partial charge >= 0.3 is 0 Å². The van der Waals surface area contributed by atoms with Crippen LogP contribution >= 0.6 is 0 Å². The largest absolute Gasteiger partial charge is 0.390 e. The van der Waals surface area contributed by atoms with Crippen molar-refractivity contribution in [1.82, 2.24) is 0 Å². The van der Waals surface area contributed by atoms with Crippen LogP contribution in [0.5, 0.6) is 0 Å². The number of halogens is 2. The first-order valence-corrected chi connectivity index (χ1v) is 2.77. The molecule has 54 valence electrons. The first-order chi connectivity index (χ1) is 4.13. The van der Waals surface area contributed by atoms with Crippen LogP contribution in [0, 0.1) is 0 Å². The maximum absolute atomic E-state index is 12.2. The molecule has 0 heterocycles. The van der Waals surface area contributed by atoms with Crippen molar-refractivity contribution in [2.45, 2.75) is 31.0 Å². The average Bonchev–Trinajstić information content (AvgIpc) is 1.98. The van der Waals surface area contributed by atoms with E-state index < -0.39 is 24.6 Å². The van der Waals surface area contributed by atoms with E-state index in [-0.39, 0.29) is 6.42 Å². The molecule has 1 aliphatic carbocycles. The van der Waals surface area contributed by atoms with Gasteiger partial charge in [-0.1, -0.05) is 0 Å². The number of hydrogen-bond donors (Lipinski definition) is 2. The topological polar surface area (TPSA) is 40.5 Å². The highest BCUT2D eigenvalue weighted by atomic mass is 19.2. The molecule has 0 aromatic heterocycles. The van der Waals surface area contributed by atoms with Crippen molar-refractivity contribution >= 4 is 0 Å². The fraction of sp³-hybridized carbons (Fsp3) is 1.00. The van der Waals surface area contributed by atoms with Gasteiger partial charge in [0, 0.05) is 6.42 Å². The Kier molecular flexibility index (Phi) is 1.68. The molecule has 0 bridgehead atoms. The van der Waals surface area contributed by atoms with Crippen molar-refractivity contribution in [1.29, 1.82) is 0 Å². The van der Waals surface area contributed by atoms with Gasteiger partial charge in [0.15, 0.2) is 12.3 Å². The van der Waals surface area contributed by atoms with Crippen molar-refractivity contribution in [2.24, 2.45) is 0 Å². The number of alkyl halides is 2. The normalized spacial score (nSPS) is 52.0. The monoisotopic (exact) mass is 138 g/mol. The van der Waals surface area contributed by atoms with Gasteiger partial charge in [0.25, 0.3) is 0 Å². The second kappa shape index (κ2) is 2.19. The summed E-state index contributed by atoms with van der Waals surface area (Å²) in [5, 5.41) is 17.1. The van der Waals surface area contributed by atoms with Gasteiger partial charge in [-0.3, -0.25) is 0 Å². The molecule has 1 fully saturated rings. The van der Waals surface area contributed by atoms with Crippen molar-refractivity contribution in [2.75, 3.05) is 0 Å². The molecule has 0 spiro atoms. The Labute approximate surface area is 51.1 Å². The minimum Gasteiger partial charge on any atom is -0.390 e. The molecule has 0 aromatic carbocycles. The molecule has 2 N–H and O–H groups in total. The number of aliphatic hydroxyl groups excluding tert-OH is 2. The number of aliphatic hydroxyl groups is 2. The first kappa shape index (κ1) is 6.89. The van der Waals surface area contributed by atoms with Crippen molar-refractivity contribution in [3.05, 3.63) is 0 Å². The molecule has 9 heavy (non-hydrogen) atoms. The molecular formula is C5H8F2O2. The van der Waals surface area contributed by atoms with E-state index in [1.54, 1.807) is 0 Å². The maximum atomic E-state index is 12.2. The Hall–Kier alpha value is -0.220. The zero-order chi connectivity index (χ0) is 7.02. The summed E-state index contributed by atoms with van der Waals surface area (Å²) in [6.45, 7) is 0. The van der Waals surface area contributed by atoms with E-state index in [0.29, 0.717) is 0 Å². The first-order valence-electron chi connectivity index (χ1n) is 2.77. The van der Waals surface area contributed by atoms with Gasteiger partial charge in [-0.15, -0.1) is 0 Å². The van der Waals surface area contributed by atoms with Gasteiger partial charge in [0.05, 0.1) is 12.2 Å². The highest BCUT2D eigenvalue weighted by Gasteiger charge is 2.42. The molecule has 0 saturated heterocycles. The van der Waals surface area contributed by atoms with Crippen LogP contribution in [0.15, 0.2) is 0 Å². The fourth-order valence-corrected chi connectivity index (χ4v) is 0.932. The lowest BCUT2D eigenvalue weighted by atomic mass is 10.3. The molecule has 1 rings (SSSR count). The summed E-state index contributed by atoms with van der Waals surface area (Å²) in [5.41, 5.74) is 0. The Morgan fingerprint density at radius 3 is 1.44 bits per heavy atom. The highest BCUT2D eigenvalue weighted by Crippen LogP contribution is 2.25. The van der Waals surface area contributed by atoms with Crippen LogP contribution in [-0.2, 0) is 0 Å². The Morgan fingerprint density at radius 2 is 1.33 bits per heavy atom. The smallest absolute Gasteiger partial charge is 0.159 e. The summed E-state index contributed by atoms with van der Waals surface area (Å²) < 4.78 is 24.4. The fourth-order valence-electron chi connectivity index (χ4n) is 0.932. The molecule has 1 aliphatic rings. The van der Waals surface area contributed by atoms with Gasteiger partial charge in [-0.05, 0) is 0 Å². The lowest BCUT2D eigenvalue weighted by Crippen LogP contribution is -2.24. The summed E-state index contributed by atoms with van der Waals surface area (Å²) in [5.74, 6) is 0. The van der Waals surface area contributed by atoms with Gasteiger partial charge in [0.1, 0.15) is 0 Å². The highest BCUT2D eigenvalue weighted by molar-refractivity contribution is 4.91. The van der Waals surface area contributed by atoms with E-state index in [9.17, 15) is 8.78 Å². The molecule has 4 atom stereocenters. The number of hydrogen-bond acceptors (Lipinski definition) is 2. The summed E-state index contributed by atoms with van der Waals surface area (Å²) in [6, 6.07) is 0. The van der Waals surface area contributed by atoms with Crippen LogP contribution in [0.3, 0.4) is 0 Å². The van der Waals surface area contributed by atoms with Crippen LogP contribution in [0.4, 0.5) is 8.78 Å². The maximum Gasteiger partial charge on any atom is 0.159 e. The third kappa shape index (κ3) is 1.04. The second-order valence-corrected chi connectivity index (χ2v) is 2.26. The minimum absolute atomic E-state index is 0.192. The predicted octanol–water partition coefficient (Wildman–Crippen LogP) is -0.212. The quantitative estimate of drug-likeness (QED) is 0.486. The lowest BCUT2D eigenvalue weighted by molar-refractivity contribution is 0.0555. The standard InChI is InChI=1S/C5H8F2O2/c6-4-2(8)1-3(9)5(4)7/h2-5,8-9H,1H2/t2-,3+,4+,5-. The molecule has 0 aliphatic heterocycles. The molecule has 1 saturated carbocycles. The minimum atomic E-state index is -1.90. The Morgan fingerprint density at radius 1 is 1.00 bits per heavy atom. The average molecular weight is 138 g/mol. The molecule has 0 radical (unpaired) electrons. The summed E-state index contributed by atoms with van der Waals surface area (Å²) >= 11 is 0. The molecule has 4 heteroatoms. The van der Waals surface area contributed by atoms with Crippen LogP contribution in [-0.4, -0.2) is 34.8 Å². The SMILES string of the molecule is O[C@@H]1C[C@H](O)[C@@H](F)[C@H]1F. The van der Waals surface area contributed by atoms with Crippen molar-refractivity contribution in [3.63, 3.8) is 0 Å². The lowest BCUT2D eigenvalue weighted by Gasteiger charge is -2.05. The van der Waals surface area contributed by atoms with Crippen LogP contribution in [0.2, 0.25) is 0 Å². The van der Waals surface area contributed by atoms with Crippen LogP contribution in [0.25, 0.3) is 0 Å². The van der Waals surface area contributed by atoms with E-state index in [4.69, 9.17) is 10.2 Å². The summed E-state index contributed by atoms with van der Waals surface area (Å²) in [7, 11) is 0. The molecular weight excluding hydrogens is 130 g/mol. The summed E-state index contributed by atoms with van der Waals surface area (Å²) in [4.78, 5) is 0. The predicted molar refractivity (Wildman–Crippen MR) is 26.4 cm³/mol. The van der Waals surface area contributed by atoms with Gasteiger partial charge in [-0.2, -0.15) is 0 Å². The van der Waals surface area contributed by atoms with Crippen LogP contribution < -0.4 is 0 Å². The van der Waals surface area contributed by atoms with Crippen LogP contribution in [0.1, 0.15) is 6.42 Å². The second-order valence-electron chi connectivity index (χ2n) is 2.26. The third-order valence-corrected chi connectivity index (χ3v) is 1.52. The molecule has 0 aromatic rings. The van der Waals surface area contributed by atoms with Crippen molar-refractivity contribution in [3.8, 4) is 0 Å². The Balaban J connectivity index is 2.54.